The summed E-state index contributed by atoms with van der Waals surface area (Å²) in [7, 11) is 0. The van der Waals surface area contributed by atoms with Crippen LogP contribution < -0.4 is 15.4 Å². The van der Waals surface area contributed by atoms with Crippen molar-refractivity contribution >= 4 is 34.2 Å². The lowest BCUT2D eigenvalue weighted by Gasteiger charge is -2.23. The van der Waals surface area contributed by atoms with E-state index in [1.54, 1.807) is 6.92 Å². The Kier molecular flexibility index (Phi) is 8.83. The van der Waals surface area contributed by atoms with Crippen molar-refractivity contribution in [2.24, 2.45) is 5.92 Å². The fourth-order valence-electron chi connectivity index (χ4n) is 2.51. The van der Waals surface area contributed by atoms with E-state index >= 15 is 0 Å². The number of hydrogen-bond donors (Lipinski definition) is 2. The molecule has 2 rings (SSSR count). The van der Waals surface area contributed by atoms with Gasteiger partial charge in [-0.2, -0.15) is 0 Å². The standard InChI is InChI=1S/C16H23BrN2O2.ClH/c1-12(21-15-6-2-5-14(17)10-15)16(20)19-9-7-13-4-3-8-18-11-13;/h2,5-6,10,12-13,18H,3-4,7-9,11H2,1H3,(H,19,20);1H. The number of ether oxygens (including phenoxy) is 1. The van der Waals surface area contributed by atoms with Crippen molar-refractivity contribution < 1.29 is 9.53 Å². The SMILES string of the molecule is CC(Oc1cccc(Br)c1)C(=O)NCCC1CCCNC1.Cl. The maximum absolute atomic E-state index is 12.0. The predicted octanol–water partition coefficient (Wildman–Crippen LogP) is 3.14. The van der Waals surface area contributed by atoms with E-state index in [1.807, 2.05) is 24.3 Å². The number of benzene rings is 1. The first-order valence-corrected chi connectivity index (χ1v) is 8.35. The normalized spacial score (nSPS) is 18.9. The summed E-state index contributed by atoms with van der Waals surface area (Å²) in [5.41, 5.74) is 0. The summed E-state index contributed by atoms with van der Waals surface area (Å²) < 4.78 is 6.59. The molecule has 2 unspecified atom stereocenters. The molecule has 0 spiro atoms. The lowest BCUT2D eigenvalue weighted by Crippen LogP contribution is -2.38. The monoisotopic (exact) mass is 390 g/mol. The summed E-state index contributed by atoms with van der Waals surface area (Å²) in [6.07, 6.45) is 3.04. The molecule has 124 valence electrons. The van der Waals surface area contributed by atoms with Gasteiger partial charge in [-0.25, -0.2) is 0 Å². The van der Waals surface area contributed by atoms with Gasteiger partial charge >= 0.3 is 0 Å². The van der Waals surface area contributed by atoms with Crippen LogP contribution in [0, 0.1) is 5.92 Å². The molecule has 1 saturated heterocycles. The summed E-state index contributed by atoms with van der Waals surface area (Å²) in [5.74, 6) is 1.32. The summed E-state index contributed by atoms with van der Waals surface area (Å²) in [5, 5.41) is 6.35. The topological polar surface area (TPSA) is 50.4 Å². The van der Waals surface area contributed by atoms with Crippen molar-refractivity contribution in [1.29, 1.82) is 0 Å². The number of piperidine rings is 1. The van der Waals surface area contributed by atoms with Crippen LogP contribution in [0.1, 0.15) is 26.2 Å². The van der Waals surface area contributed by atoms with Gasteiger partial charge in [0.05, 0.1) is 0 Å². The van der Waals surface area contributed by atoms with Crippen molar-refractivity contribution in [3.8, 4) is 5.75 Å². The van der Waals surface area contributed by atoms with Crippen molar-refractivity contribution in [1.82, 2.24) is 10.6 Å². The molecule has 1 aliphatic heterocycles. The van der Waals surface area contributed by atoms with Crippen molar-refractivity contribution in [2.75, 3.05) is 19.6 Å². The molecule has 0 aromatic heterocycles. The highest BCUT2D eigenvalue weighted by Crippen LogP contribution is 2.19. The minimum Gasteiger partial charge on any atom is -0.481 e. The van der Waals surface area contributed by atoms with Crippen LogP contribution >= 0.6 is 28.3 Å². The second kappa shape index (κ2) is 10.1. The fourth-order valence-corrected chi connectivity index (χ4v) is 2.89. The molecule has 22 heavy (non-hydrogen) atoms. The molecule has 1 aromatic rings. The van der Waals surface area contributed by atoms with Gasteiger partial charge < -0.3 is 15.4 Å². The molecule has 1 aliphatic rings. The number of rotatable bonds is 6. The van der Waals surface area contributed by atoms with E-state index in [0.717, 1.165) is 30.5 Å². The molecule has 0 radical (unpaired) electrons. The van der Waals surface area contributed by atoms with Crippen LogP contribution in [0.25, 0.3) is 0 Å². The molecule has 1 aromatic carbocycles. The molecular weight excluding hydrogens is 368 g/mol. The van der Waals surface area contributed by atoms with Gasteiger partial charge in [0, 0.05) is 11.0 Å². The minimum absolute atomic E-state index is 0. The van der Waals surface area contributed by atoms with Crippen molar-refractivity contribution in [3.05, 3.63) is 28.7 Å². The highest BCUT2D eigenvalue weighted by molar-refractivity contribution is 9.10. The zero-order valence-corrected chi connectivity index (χ0v) is 15.2. The number of carbonyl (C=O) groups is 1. The van der Waals surface area contributed by atoms with E-state index in [4.69, 9.17) is 4.74 Å². The Morgan fingerprint density at radius 3 is 3.05 bits per heavy atom. The van der Waals surface area contributed by atoms with Gasteiger partial charge in [0.15, 0.2) is 6.10 Å². The maximum Gasteiger partial charge on any atom is 0.260 e. The first-order valence-electron chi connectivity index (χ1n) is 7.56. The van der Waals surface area contributed by atoms with Crippen molar-refractivity contribution in [3.63, 3.8) is 0 Å². The van der Waals surface area contributed by atoms with E-state index in [9.17, 15) is 4.79 Å². The molecule has 0 aliphatic carbocycles. The van der Waals surface area contributed by atoms with Crippen LogP contribution in [0.5, 0.6) is 5.75 Å². The van der Waals surface area contributed by atoms with Crippen LogP contribution in [0.4, 0.5) is 0 Å². The van der Waals surface area contributed by atoms with Crippen LogP contribution in [0.15, 0.2) is 28.7 Å². The second-order valence-corrected chi connectivity index (χ2v) is 6.43. The van der Waals surface area contributed by atoms with E-state index in [2.05, 4.69) is 26.6 Å². The predicted molar refractivity (Wildman–Crippen MR) is 94.7 cm³/mol. The smallest absolute Gasteiger partial charge is 0.260 e. The number of nitrogens with one attached hydrogen (secondary N) is 2. The first kappa shape index (κ1) is 19.3. The average molecular weight is 392 g/mol. The number of hydrogen-bond acceptors (Lipinski definition) is 3. The zero-order valence-electron chi connectivity index (χ0n) is 12.8. The largest absolute Gasteiger partial charge is 0.481 e. The van der Waals surface area contributed by atoms with E-state index in [0.29, 0.717) is 11.7 Å². The van der Waals surface area contributed by atoms with Crippen LogP contribution in [0.2, 0.25) is 0 Å². The first-order chi connectivity index (χ1) is 10.1. The van der Waals surface area contributed by atoms with Crippen molar-refractivity contribution in [2.45, 2.75) is 32.3 Å². The molecule has 2 N–H and O–H groups in total. The van der Waals surface area contributed by atoms with Gasteiger partial charge in [-0.05, 0) is 63.4 Å². The quantitative estimate of drug-likeness (QED) is 0.783. The number of amides is 1. The van der Waals surface area contributed by atoms with Gasteiger partial charge in [-0.1, -0.05) is 22.0 Å². The summed E-state index contributed by atoms with van der Waals surface area (Å²) in [6, 6.07) is 7.52. The fraction of sp³-hybridized carbons (Fsp3) is 0.562. The molecule has 0 bridgehead atoms. The van der Waals surface area contributed by atoms with Gasteiger partial charge in [-0.3, -0.25) is 4.79 Å². The van der Waals surface area contributed by atoms with Gasteiger partial charge in [0.1, 0.15) is 5.75 Å². The minimum atomic E-state index is -0.483. The van der Waals surface area contributed by atoms with E-state index in [-0.39, 0.29) is 18.3 Å². The molecule has 0 saturated carbocycles. The average Bonchev–Trinajstić information content (AvgIpc) is 2.48. The highest BCUT2D eigenvalue weighted by Gasteiger charge is 2.16. The Hall–Kier alpha value is -0.780. The lowest BCUT2D eigenvalue weighted by atomic mass is 9.96. The van der Waals surface area contributed by atoms with Crippen LogP contribution in [-0.2, 0) is 4.79 Å². The maximum atomic E-state index is 12.0. The summed E-state index contributed by atoms with van der Waals surface area (Å²) >= 11 is 3.39. The Morgan fingerprint density at radius 1 is 1.55 bits per heavy atom. The Labute approximate surface area is 146 Å². The second-order valence-electron chi connectivity index (χ2n) is 5.51. The third-order valence-electron chi connectivity index (χ3n) is 3.73. The molecule has 1 heterocycles. The highest BCUT2D eigenvalue weighted by atomic mass is 79.9. The molecule has 1 fully saturated rings. The van der Waals surface area contributed by atoms with Gasteiger partial charge in [0.25, 0.3) is 5.91 Å². The number of carbonyl (C=O) groups excluding carboxylic acids is 1. The molecule has 2 atom stereocenters. The zero-order chi connectivity index (χ0) is 15.1. The van der Waals surface area contributed by atoms with E-state index in [1.165, 1.54) is 12.8 Å². The molecule has 6 heteroatoms. The third-order valence-corrected chi connectivity index (χ3v) is 4.22. The molecule has 4 nitrogen and oxygen atoms in total. The summed E-state index contributed by atoms with van der Waals surface area (Å²) in [6.45, 7) is 4.69. The molecular formula is C16H24BrClN2O2. The lowest BCUT2D eigenvalue weighted by molar-refractivity contribution is -0.127. The summed E-state index contributed by atoms with van der Waals surface area (Å²) in [4.78, 5) is 12.0. The molecule has 1 amide bonds. The van der Waals surface area contributed by atoms with Crippen LogP contribution in [0.3, 0.4) is 0 Å². The van der Waals surface area contributed by atoms with Gasteiger partial charge in [0.2, 0.25) is 0 Å². The van der Waals surface area contributed by atoms with E-state index < -0.39 is 6.10 Å². The Balaban J connectivity index is 0.00000242. The Morgan fingerprint density at radius 2 is 2.36 bits per heavy atom. The Bertz CT molecular complexity index is 467. The third kappa shape index (κ3) is 6.55. The van der Waals surface area contributed by atoms with Gasteiger partial charge in [-0.15, -0.1) is 12.4 Å². The number of halogens is 2. The van der Waals surface area contributed by atoms with Crippen LogP contribution in [-0.4, -0.2) is 31.6 Å².